The number of para-hydroxylation sites is 1. The Kier molecular flexibility index (Phi) is 4.82. The lowest BCUT2D eigenvalue weighted by Crippen LogP contribution is -2.18. The lowest BCUT2D eigenvalue weighted by molar-refractivity contribution is 0.0734. The second-order valence-electron chi connectivity index (χ2n) is 7.44. The highest BCUT2D eigenvalue weighted by atomic mass is 19.1. The first-order chi connectivity index (χ1) is 15.5. The van der Waals surface area contributed by atoms with E-state index in [0.717, 1.165) is 16.9 Å². The average molecular weight is 428 g/mol. The van der Waals surface area contributed by atoms with E-state index in [1.807, 2.05) is 37.3 Å². The van der Waals surface area contributed by atoms with Crippen molar-refractivity contribution < 1.29 is 28.2 Å². The van der Waals surface area contributed by atoms with E-state index in [1.165, 1.54) is 36.4 Å². The molecule has 6 heteroatoms. The van der Waals surface area contributed by atoms with Gasteiger partial charge in [-0.25, -0.2) is 9.18 Å². The molecule has 0 amide bonds. The molecular weight excluding hydrogens is 411 g/mol. The number of hydrogen-bond acceptors (Lipinski definition) is 5. The van der Waals surface area contributed by atoms with Crippen molar-refractivity contribution in [1.29, 1.82) is 0 Å². The van der Waals surface area contributed by atoms with Crippen LogP contribution in [0.1, 0.15) is 33.2 Å². The van der Waals surface area contributed by atoms with E-state index in [4.69, 9.17) is 14.2 Å². The molecule has 0 bridgehead atoms. The van der Waals surface area contributed by atoms with Crippen molar-refractivity contribution in [2.75, 3.05) is 0 Å². The van der Waals surface area contributed by atoms with E-state index in [-0.39, 0.29) is 29.0 Å². The highest BCUT2D eigenvalue weighted by Crippen LogP contribution is 2.36. The van der Waals surface area contributed by atoms with Crippen molar-refractivity contribution in [1.82, 2.24) is 0 Å². The van der Waals surface area contributed by atoms with Crippen LogP contribution in [-0.2, 0) is 0 Å². The maximum Gasteiger partial charge on any atom is 0.343 e. The van der Waals surface area contributed by atoms with Crippen LogP contribution in [0.15, 0.2) is 84.1 Å². The first kappa shape index (κ1) is 19.8. The van der Waals surface area contributed by atoms with Gasteiger partial charge in [-0.3, -0.25) is 4.79 Å². The summed E-state index contributed by atoms with van der Waals surface area (Å²) in [6.45, 7) is 1.90. The molecule has 5 rings (SSSR count). The van der Waals surface area contributed by atoms with Gasteiger partial charge in [-0.2, -0.15) is 0 Å². The van der Waals surface area contributed by atoms with Crippen molar-refractivity contribution in [3.05, 3.63) is 107 Å². The SMILES string of the molecule is C[C@H]1Oc2ccccc2C=C1/C=C1\Oc2cc(OC(=O)c3ccc(F)cc3)ccc2C1=O. The van der Waals surface area contributed by atoms with Gasteiger partial charge in [0.2, 0.25) is 5.78 Å². The summed E-state index contributed by atoms with van der Waals surface area (Å²) in [7, 11) is 0. The summed E-state index contributed by atoms with van der Waals surface area (Å²) in [6.07, 6.45) is 3.39. The maximum atomic E-state index is 13.0. The molecule has 158 valence electrons. The van der Waals surface area contributed by atoms with Crippen LogP contribution in [-0.4, -0.2) is 17.9 Å². The van der Waals surface area contributed by atoms with Crippen LogP contribution in [0.4, 0.5) is 4.39 Å². The molecule has 5 nitrogen and oxygen atoms in total. The van der Waals surface area contributed by atoms with Gasteiger partial charge in [-0.05, 0) is 67.1 Å². The molecule has 0 aliphatic carbocycles. The Balaban J connectivity index is 1.38. The second kappa shape index (κ2) is 7.81. The van der Waals surface area contributed by atoms with E-state index in [0.29, 0.717) is 11.3 Å². The van der Waals surface area contributed by atoms with Crippen molar-refractivity contribution in [2.24, 2.45) is 0 Å². The zero-order valence-electron chi connectivity index (χ0n) is 17.0. The van der Waals surface area contributed by atoms with Crippen molar-refractivity contribution in [2.45, 2.75) is 13.0 Å². The fraction of sp³-hybridized carbons (Fsp3) is 0.0769. The third-order valence-corrected chi connectivity index (χ3v) is 5.24. The highest BCUT2D eigenvalue weighted by Gasteiger charge is 2.29. The van der Waals surface area contributed by atoms with E-state index in [9.17, 15) is 14.0 Å². The molecule has 32 heavy (non-hydrogen) atoms. The predicted molar refractivity (Wildman–Crippen MR) is 115 cm³/mol. The molecule has 0 saturated heterocycles. The van der Waals surface area contributed by atoms with Gasteiger partial charge in [0.05, 0.1) is 11.1 Å². The summed E-state index contributed by atoms with van der Waals surface area (Å²) in [4.78, 5) is 25.1. The van der Waals surface area contributed by atoms with Crippen LogP contribution in [0, 0.1) is 5.82 Å². The van der Waals surface area contributed by atoms with Gasteiger partial charge in [-0.1, -0.05) is 18.2 Å². The standard InChI is InChI=1S/C26H17FO5/c1-15-18(12-17-4-2-3-5-22(17)30-15)13-24-25(28)21-11-10-20(14-23(21)32-24)31-26(29)16-6-8-19(27)9-7-16/h2-15H,1H3/b24-13-/t15-/m1/s1. The molecule has 0 saturated carbocycles. The number of ether oxygens (including phenoxy) is 3. The molecule has 2 heterocycles. The number of rotatable bonds is 3. The number of Topliss-reactive ketones (excluding diaryl/α,β-unsaturated/α-hetero) is 1. The van der Waals surface area contributed by atoms with Gasteiger partial charge in [-0.15, -0.1) is 0 Å². The van der Waals surface area contributed by atoms with Gasteiger partial charge in [0.25, 0.3) is 0 Å². The van der Waals surface area contributed by atoms with Crippen molar-refractivity contribution >= 4 is 17.8 Å². The molecule has 3 aromatic rings. The fourth-order valence-electron chi connectivity index (χ4n) is 3.56. The number of fused-ring (bicyclic) bond motifs is 2. The molecule has 0 radical (unpaired) electrons. The minimum absolute atomic E-state index is 0.170. The fourth-order valence-corrected chi connectivity index (χ4v) is 3.56. The van der Waals surface area contributed by atoms with Crippen LogP contribution >= 0.6 is 0 Å². The van der Waals surface area contributed by atoms with E-state index >= 15 is 0 Å². The number of carbonyl (C=O) groups is 2. The number of halogens is 1. The monoisotopic (exact) mass is 428 g/mol. The van der Waals surface area contributed by atoms with Gasteiger partial charge in [0.1, 0.15) is 29.2 Å². The van der Waals surface area contributed by atoms with Crippen LogP contribution < -0.4 is 14.2 Å². The summed E-state index contributed by atoms with van der Waals surface area (Å²) in [5, 5.41) is 0. The molecule has 2 aliphatic heterocycles. The van der Waals surface area contributed by atoms with Crippen LogP contribution in [0.3, 0.4) is 0 Å². The smallest absolute Gasteiger partial charge is 0.343 e. The summed E-state index contributed by atoms with van der Waals surface area (Å²) in [5.41, 5.74) is 2.32. The normalized spacial score (nSPS) is 17.7. The summed E-state index contributed by atoms with van der Waals surface area (Å²) >= 11 is 0. The van der Waals surface area contributed by atoms with Gasteiger partial charge >= 0.3 is 5.97 Å². The Bertz CT molecular complexity index is 1300. The number of carbonyl (C=O) groups excluding carboxylic acids is 2. The first-order valence-electron chi connectivity index (χ1n) is 10.0. The number of benzene rings is 3. The summed E-state index contributed by atoms with van der Waals surface area (Å²) in [5.74, 6) is 0.137. The van der Waals surface area contributed by atoms with Crippen LogP contribution in [0.5, 0.6) is 17.2 Å². The van der Waals surface area contributed by atoms with E-state index in [1.54, 1.807) is 12.1 Å². The Morgan fingerprint density at radius 2 is 1.81 bits per heavy atom. The van der Waals surface area contributed by atoms with Crippen LogP contribution in [0.25, 0.3) is 6.08 Å². The minimum atomic E-state index is -0.637. The number of esters is 1. The second-order valence-corrected chi connectivity index (χ2v) is 7.44. The lowest BCUT2D eigenvalue weighted by atomic mass is 10.0. The maximum absolute atomic E-state index is 13.0. The molecule has 0 fully saturated rings. The van der Waals surface area contributed by atoms with Gasteiger partial charge < -0.3 is 14.2 Å². The zero-order chi connectivity index (χ0) is 22.2. The predicted octanol–water partition coefficient (Wildman–Crippen LogP) is 5.37. The molecule has 0 spiro atoms. The van der Waals surface area contributed by atoms with Crippen LogP contribution in [0.2, 0.25) is 0 Å². The quantitative estimate of drug-likeness (QED) is 0.319. The highest BCUT2D eigenvalue weighted by molar-refractivity contribution is 6.12. The zero-order valence-corrected chi connectivity index (χ0v) is 17.0. The molecule has 0 unspecified atom stereocenters. The third-order valence-electron chi connectivity index (χ3n) is 5.24. The topological polar surface area (TPSA) is 61.8 Å². The number of ketones is 1. The molecule has 1 atom stereocenters. The first-order valence-corrected chi connectivity index (χ1v) is 10.0. The Morgan fingerprint density at radius 1 is 1.03 bits per heavy atom. The molecule has 0 aromatic heterocycles. The average Bonchev–Trinajstić information content (AvgIpc) is 3.09. The lowest BCUT2D eigenvalue weighted by Gasteiger charge is -2.22. The molecule has 0 N–H and O–H groups in total. The minimum Gasteiger partial charge on any atom is -0.485 e. The number of allylic oxidation sites excluding steroid dienone is 1. The Morgan fingerprint density at radius 3 is 2.62 bits per heavy atom. The van der Waals surface area contributed by atoms with Crippen molar-refractivity contribution in [3.8, 4) is 17.2 Å². The molecule has 2 aliphatic rings. The van der Waals surface area contributed by atoms with E-state index < -0.39 is 11.8 Å². The molecule has 3 aromatic carbocycles. The Hall–Kier alpha value is -4.19. The largest absolute Gasteiger partial charge is 0.485 e. The number of hydrogen-bond donors (Lipinski definition) is 0. The molecular formula is C26H17FO5. The third kappa shape index (κ3) is 3.67. The van der Waals surface area contributed by atoms with Crippen molar-refractivity contribution in [3.63, 3.8) is 0 Å². The summed E-state index contributed by atoms with van der Waals surface area (Å²) in [6, 6.07) is 17.3. The van der Waals surface area contributed by atoms with Gasteiger partial charge in [0, 0.05) is 11.6 Å². The Labute approximate surface area is 183 Å². The van der Waals surface area contributed by atoms with E-state index in [2.05, 4.69) is 0 Å². The summed E-state index contributed by atoms with van der Waals surface area (Å²) < 4.78 is 30.1. The van der Waals surface area contributed by atoms with Gasteiger partial charge in [0.15, 0.2) is 5.76 Å².